The molecule has 8 nitrogen and oxygen atoms in total. The van der Waals surface area contributed by atoms with Crippen molar-refractivity contribution in [1.82, 2.24) is 5.32 Å². The number of aliphatic hydroxyl groups is 2. The molecule has 0 spiro atoms. The Balaban J connectivity index is 3.49. The minimum Gasteiger partial charge on any atom is -0.394 e. The Kier molecular flexibility index (Phi) is 21.1. The van der Waals surface area contributed by atoms with Gasteiger partial charge in [-0.15, -0.1) is 0 Å². The standard InChI is InChI=1S/C23H44NO7P/c1-2-3-4-5-6-7-8-9-10-11-12-13-14-15-16-17-23(27)24-18-19-30-32(28,29)31-21-22(26)20-25/h6-7,9-10,22,25-26H,2-5,8,11-21H2,1H3,(H,24,27)(H,28,29)/b7-6-,10-9-/t22-/m1/s1. The summed E-state index contributed by atoms with van der Waals surface area (Å²) in [4.78, 5) is 21.1. The van der Waals surface area contributed by atoms with E-state index in [4.69, 9.17) is 10.2 Å². The summed E-state index contributed by atoms with van der Waals surface area (Å²) >= 11 is 0. The van der Waals surface area contributed by atoms with Crippen molar-refractivity contribution < 1.29 is 33.5 Å². The van der Waals surface area contributed by atoms with E-state index in [1.165, 1.54) is 32.1 Å². The summed E-state index contributed by atoms with van der Waals surface area (Å²) in [6.45, 7) is 1.04. The molecule has 0 bridgehead atoms. The van der Waals surface area contributed by atoms with Gasteiger partial charge in [-0.25, -0.2) is 4.57 Å². The average molecular weight is 478 g/mol. The molecule has 4 N–H and O–H groups in total. The van der Waals surface area contributed by atoms with Crippen LogP contribution >= 0.6 is 7.82 Å². The summed E-state index contributed by atoms with van der Waals surface area (Å²) in [5, 5.41) is 20.3. The van der Waals surface area contributed by atoms with Crippen LogP contribution in [-0.2, 0) is 18.4 Å². The summed E-state index contributed by atoms with van der Waals surface area (Å²) < 4.78 is 20.7. The molecule has 2 atom stereocenters. The van der Waals surface area contributed by atoms with Gasteiger partial charge in [0.1, 0.15) is 6.10 Å². The zero-order valence-corrected chi connectivity index (χ0v) is 20.5. The van der Waals surface area contributed by atoms with E-state index in [9.17, 15) is 14.3 Å². The van der Waals surface area contributed by atoms with Crippen molar-refractivity contribution in [2.24, 2.45) is 0 Å². The molecular weight excluding hydrogens is 433 g/mol. The average Bonchev–Trinajstić information content (AvgIpc) is 2.77. The lowest BCUT2D eigenvalue weighted by Crippen LogP contribution is -2.27. The molecule has 0 fully saturated rings. The van der Waals surface area contributed by atoms with Gasteiger partial charge in [-0.1, -0.05) is 63.3 Å². The largest absolute Gasteiger partial charge is 0.472 e. The van der Waals surface area contributed by atoms with Crippen LogP contribution < -0.4 is 5.32 Å². The van der Waals surface area contributed by atoms with Crippen LogP contribution in [-0.4, -0.2) is 53.5 Å². The lowest BCUT2D eigenvalue weighted by molar-refractivity contribution is -0.121. The van der Waals surface area contributed by atoms with Crippen molar-refractivity contribution in [3.05, 3.63) is 24.3 Å². The van der Waals surface area contributed by atoms with Gasteiger partial charge in [0.05, 0.1) is 19.8 Å². The third kappa shape index (κ3) is 22.2. The highest BCUT2D eigenvalue weighted by Crippen LogP contribution is 2.42. The van der Waals surface area contributed by atoms with Crippen LogP contribution in [0.25, 0.3) is 0 Å². The van der Waals surface area contributed by atoms with Gasteiger partial charge in [0.2, 0.25) is 5.91 Å². The van der Waals surface area contributed by atoms with Crippen molar-refractivity contribution in [3.63, 3.8) is 0 Å². The Bertz CT molecular complexity index is 554. The van der Waals surface area contributed by atoms with Gasteiger partial charge in [0.25, 0.3) is 0 Å². The number of phosphoric acid groups is 1. The molecule has 0 aliphatic carbocycles. The first-order valence-corrected chi connectivity index (χ1v) is 13.4. The van der Waals surface area contributed by atoms with Crippen molar-refractivity contribution in [2.45, 2.75) is 90.1 Å². The zero-order chi connectivity index (χ0) is 23.9. The van der Waals surface area contributed by atoms with E-state index in [-0.39, 0.29) is 19.1 Å². The van der Waals surface area contributed by atoms with Crippen LogP contribution in [0.2, 0.25) is 0 Å². The molecule has 0 saturated heterocycles. The number of unbranched alkanes of at least 4 members (excludes halogenated alkanes) is 8. The predicted octanol–water partition coefficient (Wildman–Crippen LogP) is 4.40. The molecule has 1 amide bonds. The number of hydrogen-bond acceptors (Lipinski definition) is 6. The van der Waals surface area contributed by atoms with Crippen molar-refractivity contribution in [1.29, 1.82) is 0 Å². The van der Waals surface area contributed by atoms with Crippen LogP contribution in [0.4, 0.5) is 0 Å². The summed E-state index contributed by atoms with van der Waals surface area (Å²) in [5.41, 5.74) is 0. The first-order chi connectivity index (χ1) is 15.4. The number of carbonyl (C=O) groups is 1. The normalized spacial score (nSPS) is 14.8. The molecule has 32 heavy (non-hydrogen) atoms. The molecule has 0 saturated carbocycles. The van der Waals surface area contributed by atoms with Crippen LogP contribution in [0.3, 0.4) is 0 Å². The number of rotatable bonds is 22. The number of hydrogen-bond donors (Lipinski definition) is 4. The second-order valence-corrected chi connectivity index (χ2v) is 9.22. The first-order valence-electron chi connectivity index (χ1n) is 11.9. The van der Waals surface area contributed by atoms with E-state index in [2.05, 4.69) is 45.6 Å². The molecule has 0 rings (SSSR count). The van der Waals surface area contributed by atoms with Crippen LogP contribution in [0.15, 0.2) is 24.3 Å². The topological polar surface area (TPSA) is 125 Å². The van der Waals surface area contributed by atoms with Crippen molar-refractivity contribution in [3.8, 4) is 0 Å². The maximum absolute atomic E-state index is 11.8. The van der Waals surface area contributed by atoms with Gasteiger partial charge in [0.15, 0.2) is 0 Å². The predicted molar refractivity (Wildman–Crippen MR) is 127 cm³/mol. The molecule has 0 aromatic carbocycles. The van der Waals surface area contributed by atoms with Crippen LogP contribution in [0.5, 0.6) is 0 Å². The second kappa shape index (κ2) is 21.8. The monoisotopic (exact) mass is 477 g/mol. The van der Waals surface area contributed by atoms with Gasteiger partial charge < -0.3 is 20.4 Å². The molecule has 0 aromatic rings. The molecule has 188 valence electrons. The molecule has 0 aliphatic heterocycles. The SMILES string of the molecule is CCCCC/C=C\C/C=C\CCCCCCCC(=O)NCCOP(=O)(O)OC[C@H](O)CO. The minimum absolute atomic E-state index is 0.0928. The van der Waals surface area contributed by atoms with Gasteiger partial charge in [-0.2, -0.15) is 0 Å². The third-order valence-corrected chi connectivity index (χ3v) is 5.66. The molecule has 9 heteroatoms. The van der Waals surface area contributed by atoms with Crippen LogP contribution in [0, 0.1) is 0 Å². The van der Waals surface area contributed by atoms with Gasteiger partial charge >= 0.3 is 7.82 Å². The number of allylic oxidation sites excluding steroid dienone is 4. The van der Waals surface area contributed by atoms with E-state index in [0.29, 0.717) is 6.42 Å². The fraction of sp³-hybridized carbons (Fsp3) is 0.783. The van der Waals surface area contributed by atoms with Gasteiger partial charge in [-0.05, 0) is 38.5 Å². The van der Waals surface area contributed by atoms with E-state index >= 15 is 0 Å². The van der Waals surface area contributed by atoms with Crippen LogP contribution in [0.1, 0.15) is 84.0 Å². The fourth-order valence-electron chi connectivity index (χ4n) is 2.81. The number of aliphatic hydroxyl groups excluding tert-OH is 2. The lowest BCUT2D eigenvalue weighted by Gasteiger charge is -2.14. The maximum Gasteiger partial charge on any atom is 0.472 e. The highest BCUT2D eigenvalue weighted by atomic mass is 31.2. The summed E-state index contributed by atoms with van der Waals surface area (Å²) in [5.74, 6) is -0.122. The Labute approximate surface area is 193 Å². The molecule has 0 heterocycles. The quantitative estimate of drug-likeness (QED) is 0.103. The smallest absolute Gasteiger partial charge is 0.394 e. The number of amides is 1. The van der Waals surface area contributed by atoms with E-state index < -0.39 is 27.1 Å². The maximum atomic E-state index is 11.8. The highest BCUT2D eigenvalue weighted by Gasteiger charge is 2.22. The number of phosphoric ester groups is 1. The summed E-state index contributed by atoms with van der Waals surface area (Å²) in [6, 6.07) is 0. The van der Waals surface area contributed by atoms with E-state index in [1.807, 2.05) is 0 Å². The number of carbonyl (C=O) groups excluding carboxylic acids is 1. The van der Waals surface area contributed by atoms with E-state index in [0.717, 1.165) is 38.5 Å². The Morgan fingerprint density at radius 2 is 1.59 bits per heavy atom. The Morgan fingerprint density at radius 1 is 0.969 bits per heavy atom. The third-order valence-electron chi connectivity index (χ3n) is 4.67. The number of nitrogens with one attached hydrogen (secondary N) is 1. The van der Waals surface area contributed by atoms with E-state index in [1.54, 1.807) is 0 Å². The molecule has 0 aliphatic rings. The summed E-state index contributed by atoms with van der Waals surface area (Å²) in [7, 11) is -4.30. The fourth-order valence-corrected chi connectivity index (χ4v) is 3.56. The zero-order valence-electron chi connectivity index (χ0n) is 19.6. The molecular formula is C23H44NO7P. The van der Waals surface area contributed by atoms with Crippen molar-refractivity contribution in [2.75, 3.05) is 26.4 Å². The minimum atomic E-state index is -4.30. The van der Waals surface area contributed by atoms with Crippen molar-refractivity contribution >= 4 is 13.7 Å². The Morgan fingerprint density at radius 3 is 2.25 bits per heavy atom. The highest BCUT2D eigenvalue weighted by molar-refractivity contribution is 7.47. The lowest BCUT2D eigenvalue weighted by atomic mass is 10.1. The molecule has 0 aromatic heterocycles. The Hall–Kier alpha value is -1.02. The van der Waals surface area contributed by atoms with Gasteiger partial charge in [-0.3, -0.25) is 13.8 Å². The van der Waals surface area contributed by atoms with Gasteiger partial charge in [0, 0.05) is 13.0 Å². The molecule has 1 unspecified atom stereocenters. The molecule has 0 radical (unpaired) electrons. The first kappa shape index (κ1) is 31.0. The second-order valence-electron chi connectivity index (χ2n) is 7.76. The summed E-state index contributed by atoms with van der Waals surface area (Å²) in [6.07, 6.45) is 20.6.